The molecule has 1 aromatic carbocycles. The number of hydrogen-bond acceptors (Lipinski definition) is 2. The summed E-state index contributed by atoms with van der Waals surface area (Å²) in [5.41, 5.74) is 3.28. The van der Waals surface area contributed by atoms with Gasteiger partial charge in [-0.3, -0.25) is 0 Å². The second-order valence-corrected chi connectivity index (χ2v) is 5.00. The van der Waals surface area contributed by atoms with E-state index in [0.29, 0.717) is 9.92 Å². The highest BCUT2D eigenvalue weighted by Gasteiger charge is 2.11. The quantitative estimate of drug-likeness (QED) is 0.537. The minimum atomic E-state index is -0.281. The summed E-state index contributed by atoms with van der Waals surface area (Å²) >= 11 is 11.1. The molecule has 0 amide bonds. The minimum absolute atomic E-state index is 0.281. The van der Waals surface area contributed by atoms with Gasteiger partial charge >= 0.3 is 0 Å². The normalized spacial score (nSPS) is 10.7. The Labute approximate surface area is 124 Å². The summed E-state index contributed by atoms with van der Waals surface area (Å²) in [5, 5.41) is 0.396. The van der Waals surface area contributed by atoms with Crippen LogP contribution in [0.15, 0.2) is 42.6 Å². The molecule has 20 heavy (non-hydrogen) atoms. The van der Waals surface area contributed by atoms with Crippen LogP contribution in [0, 0.1) is 10.6 Å². The second kappa shape index (κ2) is 5.19. The van der Waals surface area contributed by atoms with E-state index in [2.05, 4.69) is 15.0 Å². The van der Waals surface area contributed by atoms with Crippen molar-refractivity contribution in [2.24, 2.45) is 0 Å². The van der Waals surface area contributed by atoms with Gasteiger partial charge in [0.1, 0.15) is 11.0 Å². The SMILES string of the molecule is Fc1ccc(-c2[nH]c(=S)[nH]c2-c2ccnc(Cl)c2)cc1. The third kappa shape index (κ3) is 2.50. The van der Waals surface area contributed by atoms with Crippen molar-refractivity contribution in [1.29, 1.82) is 0 Å². The van der Waals surface area contributed by atoms with Crippen LogP contribution in [-0.2, 0) is 0 Å². The van der Waals surface area contributed by atoms with Crippen LogP contribution in [-0.4, -0.2) is 15.0 Å². The Bertz CT molecular complexity index is 808. The number of nitrogens with zero attached hydrogens (tertiary/aromatic N) is 1. The molecule has 0 fully saturated rings. The van der Waals surface area contributed by atoms with Gasteiger partial charge in [0.25, 0.3) is 0 Å². The van der Waals surface area contributed by atoms with Gasteiger partial charge in [0, 0.05) is 17.3 Å². The molecule has 0 bridgehead atoms. The molecule has 0 aliphatic carbocycles. The van der Waals surface area contributed by atoms with E-state index in [9.17, 15) is 4.39 Å². The molecule has 0 aliphatic rings. The predicted molar refractivity (Wildman–Crippen MR) is 79.6 cm³/mol. The lowest BCUT2D eigenvalue weighted by Crippen LogP contribution is -1.85. The van der Waals surface area contributed by atoms with Gasteiger partial charge in [0.15, 0.2) is 4.77 Å². The molecule has 0 radical (unpaired) electrons. The summed E-state index contributed by atoms with van der Waals surface area (Å²) in [5.74, 6) is -0.281. The van der Waals surface area contributed by atoms with Gasteiger partial charge in [0.2, 0.25) is 0 Å². The molecule has 0 unspecified atom stereocenters. The predicted octanol–water partition coefficient (Wildman–Crippen LogP) is 4.59. The van der Waals surface area contributed by atoms with E-state index in [4.69, 9.17) is 23.8 Å². The Balaban J connectivity index is 2.18. The van der Waals surface area contributed by atoms with Gasteiger partial charge < -0.3 is 9.97 Å². The zero-order valence-corrected chi connectivity index (χ0v) is 11.7. The number of aromatic nitrogens is 3. The van der Waals surface area contributed by atoms with Crippen molar-refractivity contribution in [3.05, 3.63) is 58.3 Å². The summed E-state index contributed by atoms with van der Waals surface area (Å²) in [7, 11) is 0. The highest BCUT2D eigenvalue weighted by molar-refractivity contribution is 7.71. The number of pyridine rings is 1. The fraction of sp³-hybridized carbons (Fsp3) is 0. The standard InChI is InChI=1S/C14H9ClFN3S/c15-11-7-9(5-6-17-11)13-12(18-14(20)19-13)8-1-3-10(16)4-2-8/h1-7H,(H2,18,19,20). The van der Waals surface area contributed by atoms with Crippen molar-refractivity contribution < 1.29 is 4.39 Å². The summed E-state index contributed by atoms with van der Waals surface area (Å²) < 4.78 is 13.5. The summed E-state index contributed by atoms with van der Waals surface area (Å²) in [6.07, 6.45) is 1.62. The first-order valence-electron chi connectivity index (χ1n) is 5.83. The molecule has 0 spiro atoms. The fourth-order valence-corrected chi connectivity index (χ4v) is 2.37. The average Bonchev–Trinajstić information content (AvgIpc) is 2.82. The first kappa shape index (κ1) is 13.0. The molecule has 2 aromatic heterocycles. The van der Waals surface area contributed by atoms with Crippen LogP contribution in [0.5, 0.6) is 0 Å². The van der Waals surface area contributed by atoms with Crippen LogP contribution in [0.3, 0.4) is 0 Å². The van der Waals surface area contributed by atoms with Crippen molar-refractivity contribution in [2.45, 2.75) is 0 Å². The van der Waals surface area contributed by atoms with Crippen LogP contribution in [0.1, 0.15) is 0 Å². The summed E-state index contributed by atoms with van der Waals surface area (Å²) in [6.45, 7) is 0. The molecule has 6 heteroatoms. The van der Waals surface area contributed by atoms with Crippen molar-refractivity contribution >= 4 is 23.8 Å². The second-order valence-electron chi connectivity index (χ2n) is 4.20. The lowest BCUT2D eigenvalue weighted by Gasteiger charge is -2.04. The Morgan fingerprint density at radius 3 is 2.30 bits per heavy atom. The smallest absolute Gasteiger partial charge is 0.175 e. The van der Waals surface area contributed by atoms with E-state index < -0.39 is 0 Å². The molecule has 0 saturated carbocycles. The monoisotopic (exact) mass is 305 g/mol. The Kier molecular flexibility index (Phi) is 3.38. The molecule has 3 aromatic rings. The van der Waals surface area contributed by atoms with Gasteiger partial charge in [-0.2, -0.15) is 0 Å². The maximum Gasteiger partial charge on any atom is 0.175 e. The van der Waals surface area contributed by atoms with E-state index in [0.717, 1.165) is 22.5 Å². The maximum atomic E-state index is 13.0. The number of hydrogen-bond donors (Lipinski definition) is 2. The maximum absolute atomic E-state index is 13.0. The van der Waals surface area contributed by atoms with E-state index >= 15 is 0 Å². The summed E-state index contributed by atoms with van der Waals surface area (Å²) in [6, 6.07) is 9.76. The molecule has 3 nitrogen and oxygen atoms in total. The van der Waals surface area contributed by atoms with Crippen LogP contribution >= 0.6 is 23.8 Å². The molecular weight excluding hydrogens is 297 g/mol. The van der Waals surface area contributed by atoms with Crippen LogP contribution < -0.4 is 0 Å². The van der Waals surface area contributed by atoms with E-state index in [-0.39, 0.29) is 5.82 Å². The topological polar surface area (TPSA) is 44.5 Å². The Morgan fingerprint density at radius 2 is 1.65 bits per heavy atom. The number of H-pyrrole nitrogens is 2. The van der Waals surface area contributed by atoms with E-state index in [1.54, 1.807) is 24.4 Å². The largest absolute Gasteiger partial charge is 0.330 e. The molecule has 2 N–H and O–H groups in total. The zero-order valence-electron chi connectivity index (χ0n) is 10.2. The van der Waals surface area contributed by atoms with E-state index in [1.807, 2.05) is 6.07 Å². The van der Waals surface area contributed by atoms with Gasteiger partial charge in [-0.05, 0) is 48.6 Å². The number of halogens is 2. The molecule has 0 atom stereocenters. The number of benzene rings is 1. The molecular formula is C14H9ClFN3S. The average molecular weight is 306 g/mol. The molecule has 3 rings (SSSR count). The number of rotatable bonds is 2. The molecule has 100 valence electrons. The van der Waals surface area contributed by atoms with Crippen molar-refractivity contribution in [2.75, 3.05) is 0 Å². The lowest BCUT2D eigenvalue weighted by atomic mass is 10.1. The zero-order chi connectivity index (χ0) is 14.1. The summed E-state index contributed by atoms with van der Waals surface area (Å²) in [4.78, 5) is 10.1. The van der Waals surface area contributed by atoms with Crippen LogP contribution in [0.25, 0.3) is 22.5 Å². The van der Waals surface area contributed by atoms with Crippen molar-refractivity contribution in [3.8, 4) is 22.5 Å². The third-order valence-electron chi connectivity index (χ3n) is 2.88. The molecule has 0 aliphatic heterocycles. The lowest BCUT2D eigenvalue weighted by molar-refractivity contribution is 0.628. The highest BCUT2D eigenvalue weighted by Crippen LogP contribution is 2.30. The first-order valence-corrected chi connectivity index (χ1v) is 6.62. The van der Waals surface area contributed by atoms with Crippen molar-refractivity contribution in [3.63, 3.8) is 0 Å². The highest BCUT2D eigenvalue weighted by atomic mass is 35.5. The van der Waals surface area contributed by atoms with Crippen molar-refractivity contribution in [1.82, 2.24) is 15.0 Å². The Hall–Kier alpha value is -1.98. The number of nitrogens with one attached hydrogen (secondary N) is 2. The number of aromatic amines is 2. The fourth-order valence-electron chi connectivity index (χ4n) is 1.99. The van der Waals surface area contributed by atoms with Gasteiger partial charge in [-0.15, -0.1) is 0 Å². The molecule has 0 saturated heterocycles. The first-order chi connectivity index (χ1) is 9.63. The van der Waals surface area contributed by atoms with Gasteiger partial charge in [-0.1, -0.05) is 11.6 Å². The van der Waals surface area contributed by atoms with Crippen LogP contribution in [0.4, 0.5) is 4.39 Å². The van der Waals surface area contributed by atoms with Gasteiger partial charge in [-0.25, -0.2) is 9.37 Å². The third-order valence-corrected chi connectivity index (χ3v) is 3.29. The number of imidazole rings is 1. The Morgan fingerprint density at radius 1 is 1.00 bits per heavy atom. The van der Waals surface area contributed by atoms with E-state index in [1.165, 1.54) is 12.1 Å². The minimum Gasteiger partial charge on any atom is -0.330 e. The van der Waals surface area contributed by atoms with Gasteiger partial charge in [0.05, 0.1) is 11.4 Å². The van der Waals surface area contributed by atoms with Crippen LogP contribution in [0.2, 0.25) is 5.15 Å². The molecule has 2 heterocycles.